The first-order valence-corrected chi connectivity index (χ1v) is 3.88. The standard InChI is InChI=1S/C5H2Cl2F6O/c6-3(7)1-2(14-3,4(8,9)10)5(11,12)13/h1H2. The maximum Gasteiger partial charge on any atom is 0.426 e. The van der Waals surface area contributed by atoms with Gasteiger partial charge in [-0.05, 0) is 0 Å². The van der Waals surface area contributed by atoms with E-state index in [4.69, 9.17) is 23.2 Å². The highest BCUT2D eigenvalue weighted by Gasteiger charge is 2.81. The summed E-state index contributed by atoms with van der Waals surface area (Å²) in [6, 6.07) is 0. The van der Waals surface area contributed by atoms with Crippen LogP contribution < -0.4 is 0 Å². The van der Waals surface area contributed by atoms with E-state index in [1.807, 2.05) is 0 Å². The molecule has 0 bridgehead atoms. The van der Waals surface area contributed by atoms with Gasteiger partial charge in [-0.2, -0.15) is 26.3 Å². The van der Waals surface area contributed by atoms with Crippen molar-refractivity contribution in [2.75, 3.05) is 0 Å². The number of hydrogen-bond acceptors (Lipinski definition) is 1. The van der Waals surface area contributed by atoms with Gasteiger partial charge >= 0.3 is 12.4 Å². The maximum absolute atomic E-state index is 12.0. The zero-order valence-corrected chi connectivity index (χ0v) is 7.65. The van der Waals surface area contributed by atoms with E-state index in [0.29, 0.717) is 0 Å². The van der Waals surface area contributed by atoms with E-state index in [1.165, 1.54) is 0 Å². The molecule has 0 aromatic rings. The Morgan fingerprint density at radius 3 is 1.29 bits per heavy atom. The molecular weight excluding hydrogens is 261 g/mol. The molecule has 1 rings (SSSR count). The molecule has 0 aromatic carbocycles. The van der Waals surface area contributed by atoms with Crippen molar-refractivity contribution in [3.63, 3.8) is 0 Å². The largest absolute Gasteiger partial charge is 0.426 e. The van der Waals surface area contributed by atoms with E-state index in [9.17, 15) is 26.3 Å². The summed E-state index contributed by atoms with van der Waals surface area (Å²) in [5.74, 6) is 0. The molecule has 0 atom stereocenters. The molecule has 1 aliphatic heterocycles. The van der Waals surface area contributed by atoms with Gasteiger partial charge in [-0.3, -0.25) is 0 Å². The van der Waals surface area contributed by atoms with Crippen molar-refractivity contribution < 1.29 is 31.1 Å². The summed E-state index contributed by atoms with van der Waals surface area (Å²) in [7, 11) is 0. The monoisotopic (exact) mass is 262 g/mol. The van der Waals surface area contributed by atoms with Gasteiger partial charge in [-0.1, -0.05) is 23.2 Å². The van der Waals surface area contributed by atoms with Crippen LogP contribution in [0.3, 0.4) is 0 Å². The number of halogens is 8. The average Bonchev–Trinajstić information content (AvgIpc) is 1.75. The third-order valence-electron chi connectivity index (χ3n) is 1.69. The Balaban J connectivity index is 2.99. The topological polar surface area (TPSA) is 9.23 Å². The predicted octanol–water partition coefficient (Wildman–Crippen LogP) is 3.40. The Morgan fingerprint density at radius 2 is 1.21 bits per heavy atom. The molecule has 0 spiro atoms. The number of hydrogen-bond donors (Lipinski definition) is 0. The molecular formula is C5H2Cl2F6O. The SMILES string of the molecule is FC(F)(F)C1(C(F)(F)F)CC(Cl)(Cl)O1. The van der Waals surface area contributed by atoms with E-state index in [1.54, 1.807) is 0 Å². The molecule has 14 heavy (non-hydrogen) atoms. The molecule has 9 heteroatoms. The van der Waals surface area contributed by atoms with E-state index in [2.05, 4.69) is 4.74 Å². The molecule has 1 aliphatic rings. The zero-order chi connectivity index (χ0) is 11.4. The van der Waals surface area contributed by atoms with Crippen molar-refractivity contribution in [1.82, 2.24) is 0 Å². The van der Waals surface area contributed by atoms with Crippen LogP contribution in [0.4, 0.5) is 26.3 Å². The highest BCUT2D eigenvalue weighted by Crippen LogP contribution is 2.61. The molecule has 0 N–H and O–H groups in total. The second kappa shape index (κ2) is 2.82. The Morgan fingerprint density at radius 1 is 0.929 bits per heavy atom. The zero-order valence-electron chi connectivity index (χ0n) is 6.14. The summed E-state index contributed by atoms with van der Waals surface area (Å²) in [6.45, 7) is 0. The molecule has 0 unspecified atom stereocenters. The third kappa shape index (κ3) is 1.65. The molecule has 0 amide bonds. The number of ether oxygens (including phenoxy) is 1. The van der Waals surface area contributed by atoms with Crippen LogP contribution in [0.5, 0.6) is 0 Å². The van der Waals surface area contributed by atoms with E-state index in [0.717, 1.165) is 0 Å². The highest BCUT2D eigenvalue weighted by atomic mass is 35.5. The van der Waals surface area contributed by atoms with Gasteiger partial charge in [-0.25, -0.2) is 0 Å². The lowest BCUT2D eigenvalue weighted by Crippen LogP contribution is -2.70. The summed E-state index contributed by atoms with van der Waals surface area (Å²) in [4.78, 5) is 0. The van der Waals surface area contributed by atoms with Crippen LogP contribution in [0, 0.1) is 0 Å². The molecule has 1 saturated heterocycles. The van der Waals surface area contributed by atoms with Crippen LogP contribution in [0.15, 0.2) is 0 Å². The van der Waals surface area contributed by atoms with Crippen LogP contribution in [-0.2, 0) is 4.74 Å². The fraction of sp³-hybridized carbons (Fsp3) is 1.00. The molecule has 84 valence electrons. The lowest BCUT2D eigenvalue weighted by molar-refractivity contribution is -0.435. The molecule has 0 aromatic heterocycles. The summed E-state index contributed by atoms with van der Waals surface area (Å²) in [5.41, 5.74) is -4.23. The Kier molecular flexibility index (Phi) is 2.46. The van der Waals surface area contributed by atoms with E-state index >= 15 is 0 Å². The van der Waals surface area contributed by atoms with Crippen LogP contribution in [0.2, 0.25) is 0 Å². The summed E-state index contributed by atoms with van der Waals surface area (Å²) in [5, 5.41) is 0. The maximum atomic E-state index is 12.0. The van der Waals surface area contributed by atoms with Crippen molar-refractivity contribution in [2.24, 2.45) is 0 Å². The first-order valence-electron chi connectivity index (χ1n) is 3.13. The first-order chi connectivity index (χ1) is 5.91. The van der Waals surface area contributed by atoms with Gasteiger partial charge in [0.2, 0.25) is 4.52 Å². The van der Waals surface area contributed by atoms with E-state index in [-0.39, 0.29) is 0 Å². The Bertz CT molecular complexity index is 220. The van der Waals surface area contributed by atoms with Gasteiger partial charge in [0.15, 0.2) is 0 Å². The minimum Gasteiger partial charge on any atom is -0.321 e. The summed E-state index contributed by atoms with van der Waals surface area (Å²) in [6.07, 6.45) is -12.7. The van der Waals surface area contributed by atoms with Gasteiger partial charge < -0.3 is 4.74 Å². The van der Waals surface area contributed by atoms with Crippen LogP contribution >= 0.6 is 23.2 Å². The van der Waals surface area contributed by atoms with Crippen molar-refractivity contribution >= 4 is 23.2 Å². The van der Waals surface area contributed by atoms with Gasteiger partial charge in [0, 0.05) is 0 Å². The van der Waals surface area contributed by atoms with Gasteiger partial charge in [0.1, 0.15) is 0 Å². The fourth-order valence-corrected chi connectivity index (χ4v) is 1.65. The highest BCUT2D eigenvalue weighted by molar-refractivity contribution is 6.47. The van der Waals surface area contributed by atoms with Crippen LogP contribution in [-0.4, -0.2) is 22.5 Å². The van der Waals surface area contributed by atoms with Gasteiger partial charge in [0.25, 0.3) is 5.60 Å². The number of rotatable bonds is 0. The minimum absolute atomic E-state index is 1.56. The number of alkyl halides is 8. The Hall–Kier alpha value is 0.120. The lowest BCUT2D eigenvalue weighted by Gasteiger charge is -2.50. The van der Waals surface area contributed by atoms with E-state index < -0.39 is 28.9 Å². The smallest absolute Gasteiger partial charge is 0.321 e. The van der Waals surface area contributed by atoms with Gasteiger partial charge in [-0.15, -0.1) is 0 Å². The molecule has 0 aliphatic carbocycles. The third-order valence-corrected chi connectivity index (χ3v) is 2.12. The average molecular weight is 263 g/mol. The molecule has 0 saturated carbocycles. The molecule has 0 radical (unpaired) electrons. The lowest BCUT2D eigenvalue weighted by atomic mass is 9.93. The van der Waals surface area contributed by atoms with Crippen LogP contribution in [0.25, 0.3) is 0 Å². The van der Waals surface area contributed by atoms with Gasteiger partial charge in [0.05, 0.1) is 6.42 Å². The van der Waals surface area contributed by atoms with Crippen molar-refractivity contribution in [1.29, 1.82) is 0 Å². The summed E-state index contributed by atoms with van der Waals surface area (Å²) < 4.78 is 73.3. The van der Waals surface area contributed by atoms with Crippen LogP contribution in [0.1, 0.15) is 6.42 Å². The quantitative estimate of drug-likeness (QED) is 0.480. The minimum atomic E-state index is -5.58. The fourth-order valence-electron chi connectivity index (χ4n) is 1.01. The molecule has 1 heterocycles. The Labute approximate surface area is 83.9 Å². The first kappa shape index (κ1) is 12.2. The molecule has 1 nitrogen and oxygen atoms in total. The molecule has 1 fully saturated rings. The van der Waals surface area contributed by atoms with Crippen molar-refractivity contribution in [3.05, 3.63) is 0 Å². The second-order valence-electron chi connectivity index (χ2n) is 2.74. The predicted molar refractivity (Wildman–Crippen MR) is 35.0 cm³/mol. The second-order valence-corrected chi connectivity index (χ2v) is 4.15. The summed E-state index contributed by atoms with van der Waals surface area (Å²) >= 11 is 9.89. The van der Waals surface area contributed by atoms with Crippen molar-refractivity contribution in [3.8, 4) is 0 Å². The normalized spacial score (nSPS) is 25.7. The van der Waals surface area contributed by atoms with Crippen molar-refractivity contribution in [2.45, 2.75) is 28.9 Å².